The minimum absolute atomic E-state index is 0.0146. The fraction of sp³-hybridized carbons (Fsp3) is 0.696. The Labute approximate surface area is 169 Å². The molecule has 2 aliphatic heterocycles. The highest BCUT2D eigenvalue weighted by Crippen LogP contribution is 2.30. The van der Waals surface area contributed by atoms with Crippen LogP contribution in [0.5, 0.6) is 0 Å². The first-order valence-corrected chi connectivity index (χ1v) is 11.2. The number of nitrogens with zero attached hydrogens (tertiary/aromatic N) is 2. The van der Waals surface area contributed by atoms with Crippen molar-refractivity contribution in [3.05, 3.63) is 35.4 Å². The molecule has 0 aromatic heterocycles. The number of amides is 2. The van der Waals surface area contributed by atoms with Crippen molar-refractivity contribution in [2.45, 2.75) is 62.9 Å². The van der Waals surface area contributed by atoms with Crippen molar-refractivity contribution in [1.29, 1.82) is 0 Å². The van der Waals surface area contributed by atoms with Crippen molar-refractivity contribution in [2.75, 3.05) is 39.8 Å². The third-order valence-corrected chi connectivity index (χ3v) is 7.07. The fourth-order valence-electron chi connectivity index (χ4n) is 5.29. The van der Waals surface area contributed by atoms with Gasteiger partial charge in [0.2, 0.25) is 0 Å². The molecule has 2 fully saturated rings. The van der Waals surface area contributed by atoms with Crippen molar-refractivity contribution in [1.82, 2.24) is 20.4 Å². The second-order valence-electron chi connectivity index (χ2n) is 8.99. The van der Waals surface area contributed by atoms with Gasteiger partial charge in [0.15, 0.2) is 0 Å². The van der Waals surface area contributed by atoms with E-state index >= 15 is 0 Å². The Morgan fingerprint density at radius 2 is 1.79 bits per heavy atom. The number of benzene rings is 1. The molecule has 2 saturated heterocycles. The van der Waals surface area contributed by atoms with Crippen LogP contribution in [0.2, 0.25) is 0 Å². The SMILES string of the molecule is CN1CCC(N2CCC(NC(=O)NC[C@@H]3CCCc4ccccc43)CC2)CC1. The lowest BCUT2D eigenvalue weighted by Crippen LogP contribution is -2.52. The third-order valence-electron chi connectivity index (χ3n) is 7.07. The maximum Gasteiger partial charge on any atom is 0.315 e. The molecular formula is C23H36N4O. The van der Waals surface area contributed by atoms with E-state index in [1.165, 1.54) is 56.3 Å². The molecule has 2 amide bonds. The Hall–Kier alpha value is -1.59. The first-order chi connectivity index (χ1) is 13.7. The molecule has 2 heterocycles. The van der Waals surface area contributed by atoms with E-state index in [-0.39, 0.29) is 6.03 Å². The van der Waals surface area contributed by atoms with E-state index in [0.29, 0.717) is 12.0 Å². The summed E-state index contributed by atoms with van der Waals surface area (Å²) in [5, 5.41) is 6.38. The number of fused-ring (bicyclic) bond motifs is 1. The highest BCUT2D eigenvalue weighted by molar-refractivity contribution is 5.74. The van der Waals surface area contributed by atoms with E-state index in [4.69, 9.17) is 0 Å². The average molecular weight is 385 g/mol. The number of aryl methyl sites for hydroxylation is 1. The van der Waals surface area contributed by atoms with Crippen LogP contribution in [0.1, 0.15) is 55.6 Å². The van der Waals surface area contributed by atoms with Gasteiger partial charge >= 0.3 is 6.03 Å². The van der Waals surface area contributed by atoms with Gasteiger partial charge in [-0.15, -0.1) is 0 Å². The number of carbonyl (C=O) groups is 1. The molecule has 1 aromatic carbocycles. The van der Waals surface area contributed by atoms with E-state index < -0.39 is 0 Å². The lowest BCUT2D eigenvalue weighted by atomic mass is 9.83. The van der Waals surface area contributed by atoms with Gasteiger partial charge in [-0.3, -0.25) is 0 Å². The zero-order chi connectivity index (χ0) is 19.3. The normalized spacial score (nSPS) is 25.2. The number of hydrogen-bond acceptors (Lipinski definition) is 3. The Kier molecular flexibility index (Phi) is 6.53. The Morgan fingerprint density at radius 3 is 2.57 bits per heavy atom. The van der Waals surface area contributed by atoms with Crippen LogP contribution in [0.3, 0.4) is 0 Å². The molecule has 0 unspecified atom stereocenters. The molecule has 0 radical (unpaired) electrons. The summed E-state index contributed by atoms with van der Waals surface area (Å²) in [6.07, 6.45) is 8.30. The van der Waals surface area contributed by atoms with Crippen LogP contribution in [-0.2, 0) is 6.42 Å². The average Bonchev–Trinajstić information content (AvgIpc) is 2.73. The minimum atomic E-state index is 0.0146. The van der Waals surface area contributed by atoms with E-state index in [1.54, 1.807) is 0 Å². The first-order valence-electron chi connectivity index (χ1n) is 11.2. The van der Waals surface area contributed by atoms with Crippen LogP contribution < -0.4 is 10.6 Å². The van der Waals surface area contributed by atoms with Crippen molar-refractivity contribution in [3.63, 3.8) is 0 Å². The quantitative estimate of drug-likeness (QED) is 0.839. The summed E-state index contributed by atoms with van der Waals surface area (Å²) < 4.78 is 0. The predicted molar refractivity (Wildman–Crippen MR) is 114 cm³/mol. The number of rotatable bonds is 4. The maximum absolute atomic E-state index is 12.4. The number of carbonyl (C=O) groups excluding carboxylic acids is 1. The summed E-state index contributed by atoms with van der Waals surface area (Å²) in [4.78, 5) is 17.5. The van der Waals surface area contributed by atoms with Gasteiger partial charge in [-0.05, 0) is 76.2 Å². The Bertz CT molecular complexity index is 648. The van der Waals surface area contributed by atoms with Gasteiger partial charge in [-0.25, -0.2) is 4.79 Å². The molecule has 28 heavy (non-hydrogen) atoms. The van der Waals surface area contributed by atoms with Gasteiger partial charge in [0.1, 0.15) is 0 Å². The second-order valence-corrected chi connectivity index (χ2v) is 8.99. The van der Waals surface area contributed by atoms with Crippen LogP contribution in [0, 0.1) is 0 Å². The number of hydrogen-bond donors (Lipinski definition) is 2. The number of piperidine rings is 2. The largest absolute Gasteiger partial charge is 0.338 e. The van der Waals surface area contributed by atoms with Crippen molar-refractivity contribution in [2.24, 2.45) is 0 Å². The standard InChI is InChI=1S/C23H36N4O/c1-26-13-11-21(12-14-26)27-15-9-20(10-16-27)25-23(28)24-17-19-7-4-6-18-5-2-3-8-22(18)19/h2-3,5,8,19-21H,4,6-7,9-17H2,1H3,(H2,24,25,28)/t19-/m0/s1. The topological polar surface area (TPSA) is 47.6 Å². The van der Waals surface area contributed by atoms with Crippen molar-refractivity contribution in [3.8, 4) is 0 Å². The molecule has 154 valence electrons. The number of nitrogens with one attached hydrogen (secondary N) is 2. The first kappa shape index (κ1) is 19.7. The Morgan fingerprint density at radius 1 is 1.04 bits per heavy atom. The lowest BCUT2D eigenvalue weighted by Gasteiger charge is -2.41. The third kappa shape index (κ3) is 4.87. The number of urea groups is 1. The van der Waals surface area contributed by atoms with Crippen molar-refractivity contribution >= 4 is 6.03 Å². The smallest absolute Gasteiger partial charge is 0.315 e. The van der Waals surface area contributed by atoms with Gasteiger partial charge in [0, 0.05) is 37.6 Å². The van der Waals surface area contributed by atoms with Gasteiger partial charge in [0.25, 0.3) is 0 Å². The zero-order valence-corrected chi connectivity index (χ0v) is 17.3. The summed E-state index contributed by atoms with van der Waals surface area (Å²) in [5.74, 6) is 0.460. The van der Waals surface area contributed by atoms with Crippen LogP contribution >= 0.6 is 0 Å². The van der Waals surface area contributed by atoms with Crippen molar-refractivity contribution < 1.29 is 4.79 Å². The zero-order valence-electron chi connectivity index (χ0n) is 17.3. The van der Waals surface area contributed by atoms with E-state index in [9.17, 15) is 4.79 Å². The van der Waals surface area contributed by atoms with Crippen LogP contribution in [0.15, 0.2) is 24.3 Å². The summed E-state index contributed by atoms with van der Waals surface area (Å²) in [6.45, 7) is 5.42. The van der Waals surface area contributed by atoms with Gasteiger partial charge in [-0.1, -0.05) is 24.3 Å². The van der Waals surface area contributed by atoms with Crippen LogP contribution in [-0.4, -0.2) is 67.7 Å². The molecule has 2 N–H and O–H groups in total. The molecule has 1 aromatic rings. The highest BCUT2D eigenvalue weighted by Gasteiger charge is 2.28. The van der Waals surface area contributed by atoms with Gasteiger partial charge < -0.3 is 20.4 Å². The predicted octanol–water partition coefficient (Wildman–Crippen LogP) is 2.96. The maximum atomic E-state index is 12.4. The van der Waals surface area contributed by atoms with E-state index in [0.717, 1.165) is 38.5 Å². The molecule has 0 bridgehead atoms. The lowest BCUT2D eigenvalue weighted by molar-refractivity contribution is 0.0934. The van der Waals surface area contributed by atoms with Gasteiger partial charge in [0.05, 0.1) is 0 Å². The molecule has 1 atom stereocenters. The summed E-state index contributed by atoms with van der Waals surface area (Å²) >= 11 is 0. The van der Waals surface area contributed by atoms with E-state index in [1.807, 2.05) is 0 Å². The monoisotopic (exact) mass is 384 g/mol. The van der Waals surface area contributed by atoms with E-state index in [2.05, 4.69) is 51.7 Å². The number of likely N-dealkylation sites (tertiary alicyclic amines) is 2. The molecule has 0 saturated carbocycles. The molecular weight excluding hydrogens is 348 g/mol. The highest BCUT2D eigenvalue weighted by atomic mass is 16.2. The molecule has 3 aliphatic rings. The van der Waals surface area contributed by atoms with Crippen LogP contribution in [0.25, 0.3) is 0 Å². The minimum Gasteiger partial charge on any atom is -0.338 e. The molecule has 5 nitrogen and oxygen atoms in total. The summed E-state index contributed by atoms with van der Waals surface area (Å²) in [7, 11) is 2.22. The second kappa shape index (κ2) is 9.27. The summed E-state index contributed by atoms with van der Waals surface area (Å²) in [6, 6.07) is 9.80. The Balaban J connectivity index is 1.18. The van der Waals surface area contributed by atoms with Crippen LogP contribution in [0.4, 0.5) is 4.79 Å². The molecule has 4 rings (SSSR count). The molecule has 1 aliphatic carbocycles. The van der Waals surface area contributed by atoms with Gasteiger partial charge in [-0.2, -0.15) is 0 Å². The molecule has 0 spiro atoms. The molecule has 5 heteroatoms. The fourth-order valence-corrected chi connectivity index (χ4v) is 5.29. The summed E-state index contributed by atoms with van der Waals surface area (Å²) in [5.41, 5.74) is 2.89.